The molecule has 3 aliphatic heterocycles. The molecule has 1 aromatic rings. The number of fused-ring (bicyclic) bond motifs is 3. The van der Waals surface area contributed by atoms with Gasteiger partial charge in [0.05, 0.1) is 0 Å². The Hall–Kier alpha value is -0.730. The largest absolute Gasteiger partial charge is 0.381 e. The van der Waals surface area contributed by atoms with Crippen LogP contribution in [0.5, 0.6) is 0 Å². The minimum atomic E-state index is 0.628. The lowest BCUT2D eigenvalue weighted by Crippen LogP contribution is -2.53. The Labute approximate surface area is 102 Å². The molecular weight excluding hydrogens is 220 g/mol. The van der Waals surface area contributed by atoms with E-state index in [0.29, 0.717) is 6.04 Å². The van der Waals surface area contributed by atoms with E-state index in [-0.39, 0.29) is 0 Å². The molecule has 2 bridgehead atoms. The predicted octanol–water partition coefficient (Wildman–Crippen LogP) is 2.85. The molecule has 3 saturated heterocycles. The summed E-state index contributed by atoms with van der Waals surface area (Å²) >= 11 is 5.88. The number of benzene rings is 1. The molecule has 1 N–H and O–H groups in total. The van der Waals surface area contributed by atoms with Crippen LogP contribution in [0, 0.1) is 5.92 Å². The zero-order valence-electron chi connectivity index (χ0n) is 9.32. The summed E-state index contributed by atoms with van der Waals surface area (Å²) in [5.74, 6) is 0.862. The minimum absolute atomic E-state index is 0.628. The second-order valence-electron chi connectivity index (χ2n) is 4.90. The van der Waals surface area contributed by atoms with Gasteiger partial charge >= 0.3 is 0 Å². The maximum atomic E-state index is 5.88. The molecule has 3 aliphatic rings. The number of rotatable bonds is 2. The standard InChI is InChI=1S/C13H17ClN2/c14-11-1-3-12(4-2-11)15-13-9-16-7-5-10(13)6-8-16/h1-4,10,13,15H,5-9H2. The average molecular weight is 237 g/mol. The van der Waals surface area contributed by atoms with Crippen molar-refractivity contribution in [1.29, 1.82) is 0 Å². The molecule has 3 heterocycles. The summed E-state index contributed by atoms with van der Waals surface area (Å²) in [4.78, 5) is 2.56. The van der Waals surface area contributed by atoms with E-state index in [1.165, 1.54) is 38.2 Å². The minimum Gasteiger partial charge on any atom is -0.381 e. The van der Waals surface area contributed by atoms with Crippen molar-refractivity contribution < 1.29 is 0 Å². The van der Waals surface area contributed by atoms with Gasteiger partial charge in [0.1, 0.15) is 0 Å². The number of hydrogen-bond acceptors (Lipinski definition) is 2. The highest BCUT2D eigenvalue weighted by Gasteiger charge is 2.33. The van der Waals surface area contributed by atoms with Crippen LogP contribution in [0.15, 0.2) is 24.3 Å². The zero-order chi connectivity index (χ0) is 11.0. The predicted molar refractivity (Wildman–Crippen MR) is 68.0 cm³/mol. The van der Waals surface area contributed by atoms with Crippen molar-refractivity contribution in [2.75, 3.05) is 25.0 Å². The number of halogens is 1. The SMILES string of the molecule is Clc1ccc(NC2CN3CCC2CC3)cc1. The second-order valence-corrected chi connectivity index (χ2v) is 5.33. The molecule has 16 heavy (non-hydrogen) atoms. The highest BCUT2D eigenvalue weighted by Crippen LogP contribution is 2.29. The van der Waals surface area contributed by atoms with Gasteiger partial charge in [0.2, 0.25) is 0 Å². The molecule has 1 aromatic carbocycles. The highest BCUT2D eigenvalue weighted by molar-refractivity contribution is 6.30. The van der Waals surface area contributed by atoms with Crippen molar-refractivity contribution in [2.24, 2.45) is 5.92 Å². The molecule has 0 amide bonds. The first-order chi connectivity index (χ1) is 7.81. The van der Waals surface area contributed by atoms with E-state index in [0.717, 1.165) is 10.9 Å². The van der Waals surface area contributed by atoms with Crippen molar-refractivity contribution >= 4 is 17.3 Å². The molecule has 2 nitrogen and oxygen atoms in total. The summed E-state index contributed by atoms with van der Waals surface area (Å²) in [5, 5.41) is 4.44. The second kappa shape index (κ2) is 4.27. The number of nitrogens with one attached hydrogen (secondary N) is 1. The zero-order valence-corrected chi connectivity index (χ0v) is 10.1. The van der Waals surface area contributed by atoms with Crippen molar-refractivity contribution in [1.82, 2.24) is 4.90 Å². The number of anilines is 1. The summed E-state index contributed by atoms with van der Waals surface area (Å²) in [5.41, 5.74) is 1.20. The Morgan fingerprint density at radius 1 is 1.12 bits per heavy atom. The summed E-state index contributed by atoms with van der Waals surface area (Å²) in [6.07, 6.45) is 2.70. The van der Waals surface area contributed by atoms with Crippen molar-refractivity contribution in [3.8, 4) is 0 Å². The topological polar surface area (TPSA) is 15.3 Å². The quantitative estimate of drug-likeness (QED) is 0.850. The smallest absolute Gasteiger partial charge is 0.0417 e. The molecule has 0 radical (unpaired) electrons. The van der Waals surface area contributed by atoms with Crippen molar-refractivity contribution in [3.63, 3.8) is 0 Å². The van der Waals surface area contributed by atoms with Crippen LogP contribution in [0.1, 0.15) is 12.8 Å². The van der Waals surface area contributed by atoms with Crippen LogP contribution in [0.3, 0.4) is 0 Å². The molecule has 3 heteroatoms. The van der Waals surface area contributed by atoms with Crippen molar-refractivity contribution in [2.45, 2.75) is 18.9 Å². The molecule has 1 unspecified atom stereocenters. The molecule has 0 saturated carbocycles. The van der Waals surface area contributed by atoms with E-state index in [9.17, 15) is 0 Å². The Balaban J connectivity index is 1.68. The lowest BCUT2D eigenvalue weighted by molar-refractivity contribution is 0.0975. The van der Waals surface area contributed by atoms with Crippen LogP contribution in [0.25, 0.3) is 0 Å². The summed E-state index contributed by atoms with van der Waals surface area (Å²) < 4.78 is 0. The van der Waals surface area contributed by atoms with Crippen LogP contribution in [-0.4, -0.2) is 30.6 Å². The van der Waals surface area contributed by atoms with Gasteiger partial charge < -0.3 is 10.2 Å². The van der Waals surface area contributed by atoms with Gasteiger partial charge in [0, 0.05) is 23.3 Å². The average Bonchev–Trinajstić information content (AvgIpc) is 2.34. The number of nitrogens with zero attached hydrogens (tertiary/aromatic N) is 1. The third-order valence-electron chi connectivity index (χ3n) is 3.85. The fraction of sp³-hybridized carbons (Fsp3) is 0.538. The lowest BCUT2D eigenvalue weighted by Gasteiger charge is -2.45. The third-order valence-corrected chi connectivity index (χ3v) is 4.10. The van der Waals surface area contributed by atoms with Crippen LogP contribution >= 0.6 is 11.6 Å². The van der Waals surface area contributed by atoms with Crippen LogP contribution in [0.4, 0.5) is 5.69 Å². The van der Waals surface area contributed by atoms with Crippen LogP contribution < -0.4 is 5.32 Å². The summed E-state index contributed by atoms with van der Waals surface area (Å²) in [6, 6.07) is 8.67. The summed E-state index contributed by atoms with van der Waals surface area (Å²) in [7, 11) is 0. The Kier molecular flexibility index (Phi) is 2.78. The lowest BCUT2D eigenvalue weighted by atomic mass is 9.84. The van der Waals surface area contributed by atoms with Gasteiger partial charge in [-0.3, -0.25) is 0 Å². The van der Waals surface area contributed by atoms with Gasteiger partial charge in [0.25, 0.3) is 0 Å². The van der Waals surface area contributed by atoms with Gasteiger partial charge in [-0.1, -0.05) is 11.6 Å². The molecule has 86 valence electrons. The fourth-order valence-electron chi connectivity index (χ4n) is 2.89. The van der Waals surface area contributed by atoms with E-state index in [4.69, 9.17) is 11.6 Å². The normalized spacial score (nSPS) is 32.7. The molecule has 3 fully saturated rings. The fourth-order valence-corrected chi connectivity index (χ4v) is 3.01. The molecule has 0 aromatic heterocycles. The summed E-state index contributed by atoms with van der Waals surface area (Å²) in [6.45, 7) is 3.79. The maximum absolute atomic E-state index is 5.88. The molecule has 4 rings (SSSR count). The Morgan fingerprint density at radius 2 is 1.81 bits per heavy atom. The van der Waals surface area contributed by atoms with Crippen molar-refractivity contribution in [3.05, 3.63) is 29.3 Å². The van der Waals surface area contributed by atoms with Crippen LogP contribution in [-0.2, 0) is 0 Å². The molecular formula is C13H17ClN2. The third kappa shape index (κ3) is 2.04. The van der Waals surface area contributed by atoms with E-state index in [1.54, 1.807) is 0 Å². The maximum Gasteiger partial charge on any atom is 0.0417 e. The first-order valence-electron chi connectivity index (χ1n) is 6.06. The first kappa shape index (κ1) is 10.4. The first-order valence-corrected chi connectivity index (χ1v) is 6.43. The van der Waals surface area contributed by atoms with Gasteiger partial charge in [-0.15, -0.1) is 0 Å². The monoisotopic (exact) mass is 236 g/mol. The number of hydrogen-bond donors (Lipinski definition) is 1. The molecule has 1 atom stereocenters. The van der Waals surface area contributed by atoms with Gasteiger partial charge in [-0.25, -0.2) is 0 Å². The van der Waals surface area contributed by atoms with Gasteiger partial charge in [-0.05, 0) is 56.1 Å². The van der Waals surface area contributed by atoms with E-state index in [1.807, 2.05) is 12.1 Å². The Bertz CT molecular complexity index is 355. The molecule has 0 spiro atoms. The molecule has 0 aliphatic carbocycles. The Morgan fingerprint density at radius 3 is 2.38 bits per heavy atom. The van der Waals surface area contributed by atoms with Crippen LogP contribution in [0.2, 0.25) is 5.02 Å². The van der Waals surface area contributed by atoms with Gasteiger partial charge in [0.15, 0.2) is 0 Å². The van der Waals surface area contributed by atoms with E-state index >= 15 is 0 Å². The number of piperidine rings is 3. The highest BCUT2D eigenvalue weighted by atomic mass is 35.5. The van der Waals surface area contributed by atoms with E-state index < -0.39 is 0 Å². The van der Waals surface area contributed by atoms with E-state index in [2.05, 4.69) is 22.3 Å². The van der Waals surface area contributed by atoms with Gasteiger partial charge in [-0.2, -0.15) is 0 Å².